The molecule has 9 heteroatoms. The number of aliphatic hydroxyl groups excluding tert-OH is 1. The number of aliphatic hydroxyl groups is 1. The van der Waals surface area contributed by atoms with Crippen LogP contribution in [0.1, 0.15) is 23.0 Å². The first kappa shape index (κ1) is 20.3. The Hall–Kier alpha value is -3.01. The molecule has 0 amide bonds. The van der Waals surface area contributed by atoms with Gasteiger partial charge < -0.3 is 14.8 Å². The lowest BCUT2D eigenvalue weighted by Crippen LogP contribution is -2.46. The van der Waals surface area contributed by atoms with E-state index in [1.54, 1.807) is 47.0 Å². The number of aromatic nitrogens is 2. The van der Waals surface area contributed by atoms with Gasteiger partial charge in [-0.25, -0.2) is 18.2 Å². The summed E-state index contributed by atoms with van der Waals surface area (Å²) in [5.41, 5.74) is 0.824. The maximum absolute atomic E-state index is 13.1. The van der Waals surface area contributed by atoms with Gasteiger partial charge in [0, 0.05) is 18.7 Å². The largest absolute Gasteiger partial charge is 0.476 e. The molecule has 2 N–H and O–H groups in total. The molecular formula is C21H21N3O5S. The van der Waals surface area contributed by atoms with Crippen molar-refractivity contribution < 1.29 is 23.4 Å². The molecule has 2 atom stereocenters. The summed E-state index contributed by atoms with van der Waals surface area (Å²) in [6.07, 6.45) is 0.745. The second-order valence-electron chi connectivity index (χ2n) is 7.12. The smallest absolute Gasteiger partial charge is 0.356 e. The number of piperidine rings is 1. The summed E-state index contributed by atoms with van der Waals surface area (Å²) in [6.45, 7) is 0.184. The number of sulfonamides is 1. The number of carbonyl (C=O) groups is 1. The summed E-state index contributed by atoms with van der Waals surface area (Å²) in [5, 5.41) is 20.3. The van der Waals surface area contributed by atoms with E-state index in [0.29, 0.717) is 11.3 Å². The first-order chi connectivity index (χ1) is 14.4. The molecule has 156 valence electrons. The highest BCUT2D eigenvalue weighted by Crippen LogP contribution is 2.32. The Labute approximate surface area is 174 Å². The van der Waals surface area contributed by atoms with E-state index in [1.165, 1.54) is 22.8 Å². The quantitative estimate of drug-likeness (QED) is 0.646. The second-order valence-corrected chi connectivity index (χ2v) is 9.06. The lowest BCUT2D eigenvalue weighted by Gasteiger charge is -2.36. The number of rotatable bonds is 5. The average molecular weight is 427 g/mol. The summed E-state index contributed by atoms with van der Waals surface area (Å²) in [7, 11) is -3.74. The van der Waals surface area contributed by atoms with E-state index in [9.17, 15) is 23.4 Å². The molecule has 0 radical (unpaired) electrons. The number of imidazole rings is 1. The van der Waals surface area contributed by atoms with E-state index < -0.39 is 28.1 Å². The van der Waals surface area contributed by atoms with Crippen molar-refractivity contribution in [2.45, 2.75) is 23.5 Å². The van der Waals surface area contributed by atoms with Crippen molar-refractivity contribution in [3.8, 4) is 11.3 Å². The maximum atomic E-state index is 13.1. The molecule has 1 aromatic heterocycles. The standard InChI is InChI=1S/C21H21N3O5S/c25-18-11-12-23(30(28,29)16-9-5-2-6-10-16)13-17(18)24-14-22-19(21(26)27)20(24)15-7-3-1-4-8-15/h1-10,14,17-18,25H,11-13H2,(H,26,27). The van der Waals surface area contributed by atoms with Gasteiger partial charge in [0.15, 0.2) is 5.69 Å². The molecule has 2 aromatic carbocycles. The third-order valence-electron chi connectivity index (χ3n) is 5.29. The number of carboxylic acids is 1. The topological polar surface area (TPSA) is 113 Å². The molecule has 0 spiro atoms. The number of hydrogen-bond donors (Lipinski definition) is 2. The zero-order chi connectivity index (χ0) is 21.3. The van der Waals surface area contributed by atoms with Crippen LogP contribution in [-0.2, 0) is 10.0 Å². The van der Waals surface area contributed by atoms with Gasteiger partial charge in [-0.3, -0.25) is 0 Å². The highest BCUT2D eigenvalue weighted by atomic mass is 32.2. The van der Waals surface area contributed by atoms with Gasteiger partial charge >= 0.3 is 5.97 Å². The van der Waals surface area contributed by atoms with E-state index in [0.717, 1.165) is 0 Å². The molecule has 2 heterocycles. The summed E-state index contributed by atoms with van der Waals surface area (Å²) in [5.74, 6) is -1.19. The van der Waals surface area contributed by atoms with Gasteiger partial charge in [-0.1, -0.05) is 48.5 Å². The molecule has 30 heavy (non-hydrogen) atoms. The van der Waals surface area contributed by atoms with Crippen LogP contribution in [0.5, 0.6) is 0 Å². The fourth-order valence-corrected chi connectivity index (χ4v) is 5.27. The van der Waals surface area contributed by atoms with Crippen molar-refractivity contribution in [3.05, 3.63) is 72.7 Å². The summed E-state index contributed by atoms with van der Waals surface area (Å²) >= 11 is 0. The Kier molecular flexibility index (Phi) is 5.42. The van der Waals surface area contributed by atoms with Crippen molar-refractivity contribution in [1.29, 1.82) is 0 Å². The molecule has 1 aliphatic heterocycles. The normalized spacial score (nSPS) is 20.2. The van der Waals surface area contributed by atoms with Gasteiger partial charge in [0.2, 0.25) is 10.0 Å². The number of hydrogen-bond acceptors (Lipinski definition) is 5. The highest BCUT2D eigenvalue weighted by Gasteiger charge is 2.37. The molecule has 2 unspecified atom stereocenters. The minimum absolute atomic E-state index is 0.00759. The lowest BCUT2D eigenvalue weighted by molar-refractivity contribution is 0.0598. The zero-order valence-corrected chi connectivity index (χ0v) is 16.8. The van der Waals surface area contributed by atoms with Gasteiger partial charge in [0.1, 0.15) is 0 Å². The molecular weight excluding hydrogens is 406 g/mol. The van der Waals surface area contributed by atoms with Crippen molar-refractivity contribution in [2.75, 3.05) is 13.1 Å². The number of aromatic carboxylic acids is 1. The Balaban J connectivity index is 1.74. The van der Waals surface area contributed by atoms with Gasteiger partial charge in [-0.15, -0.1) is 0 Å². The first-order valence-corrected chi connectivity index (χ1v) is 10.9. The lowest BCUT2D eigenvalue weighted by atomic mass is 10.0. The molecule has 1 aliphatic rings. The minimum atomic E-state index is -3.74. The number of carboxylic acid groups (broad SMARTS) is 1. The van der Waals surface area contributed by atoms with Crippen LogP contribution < -0.4 is 0 Å². The zero-order valence-electron chi connectivity index (χ0n) is 16.0. The van der Waals surface area contributed by atoms with E-state index >= 15 is 0 Å². The molecule has 0 aliphatic carbocycles. The van der Waals surface area contributed by atoms with Crippen LogP contribution >= 0.6 is 0 Å². The Morgan fingerprint density at radius 1 is 1.03 bits per heavy atom. The monoisotopic (exact) mass is 427 g/mol. The fraction of sp³-hybridized carbons (Fsp3) is 0.238. The summed E-state index contributed by atoms with van der Waals surface area (Å²) in [6, 6.07) is 16.3. The van der Waals surface area contributed by atoms with Crippen LogP contribution in [0.25, 0.3) is 11.3 Å². The van der Waals surface area contributed by atoms with E-state index in [2.05, 4.69) is 4.98 Å². The van der Waals surface area contributed by atoms with Crippen molar-refractivity contribution in [3.63, 3.8) is 0 Å². The summed E-state index contributed by atoms with van der Waals surface area (Å²) in [4.78, 5) is 15.9. The van der Waals surface area contributed by atoms with Gasteiger partial charge in [-0.05, 0) is 18.6 Å². The molecule has 1 saturated heterocycles. The van der Waals surface area contributed by atoms with Crippen LogP contribution in [0.4, 0.5) is 0 Å². The predicted molar refractivity (Wildman–Crippen MR) is 109 cm³/mol. The Morgan fingerprint density at radius 2 is 1.67 bits per heavy atom. The molecule has 8 nitrogen and oxygen atoms in total. The number of nitrogens with zero attached hydrogens (tertiary/aromatic N) is 3. The van der Waals surface area contributed by atoms with Crippen LogP contribution in [0.15, 0.2) is 71.9 Å². The Morgan fingerprint density at radius 3 is 2.30 bits per heavy atom. The van der Waals surface area contributed by atoms with Crippen LogP contribution in [0.3, 0.4) is 0 Å². The summed E-state index contributed by atoms with van der Waals surface area (Å²) < 4.78 is 29.0. The Bertz CT molecular complexity index is 1150. The fourth-order valence-electron chi connectivity index (χ4n) is 3.77. The van der Waals surface area contributed by atoms with Gasteiger partial charge in [0.25, 0.3) is 0 Å². The van der Waals surface area contributed by atoms with Crippen molar-refractivity contribution >= 4 is 16.0 Å². The molecule has 0 saturated carbocycles. The highest BCUT2D eigenvalue weighted by molar-refractivity contribution is 7.89. The third kappa shape index (κ3) is 3.62. The molecule has 0 bridgehead atoms. The average Bonchev–Trinajstić information content (AvgIpc) is 3.20. The van der Waals surface area contributed by atoms with E-state index in [-0.39, 0.29) is 30.1 Å². The SMILES string of the molecule is O=C(O)c1ncn(C2CN(S(=O)(=O)c3ccccc3)CCC2O)c1-c1ccccc1. The van der Waals surface area contributed by atoms with Gasteiger partial charge in [-0.2, -0.15) is 4.31 Å². The van der Waals surface area contributed by atoms with E-state index in [1.807, 2.05) is 6.07 Å². The third-order valence-corrected chi connectivity index (χ3v) is 7.17. The number of benzene rings is 2. The van der Waals surface area contributed by atoms with Crippen molar-refractivity contribution in [2.24, 2.45) is 0 Å². The van der Waals surface area contributed by atoms with E-state index in [4.69, 9.17) is 0 Å². The van der Waals surface area contributed by atoms with Crippen LogP contribution in [-0.4, -0.2) is 57.6 Å². The van der Waals surface area contributed by atoms with Crippen LogP contribution in [0, 0.1) is 0 Å². The minimum Gasteiger partial charge on any atom is -0.476 e. The molecule has 4 rings (SSSR count). The second kappa shape index (κ2) is 8.02. The maximum Gasteiger partial charge on any atom is 0.356 e. The predicted octanol–water partition coefficient (Wildman–Crippen LogP) is 2.24. The van der Waals surface area contributed by atoms with Gasteiger partial charge in [0.05, 0.1) is 29.1 Å². The first-order valence-electron chi connectivity index (χ1n) is 9.48. The molecule has 3 aromatic rings. The van der Waals surface area contributed by atoms with Crippen LogP contribution in [0.2, 0.25) is 0 Å². The van der Waals surface area contributed by atoms with Crippen molar-refractivity contribution in [1.82, 2.24) is 13.9 Å². The molecule has 1 fully saturated rings.